The normalized spacial score (nSPS) is 14.2. The van der Waals surface area contributed by atoms with E-state index in [2.05, 4.69) is 24.0 Å². The van der Waals surface area contributed by atoms with Crippen LogP contribution >= 0.6 is 11.8 Å². The smallest absolute Gasteiger partial charge is 0.239 e. The van der Waals surface area contributed by atoms with Crippen LogP contribution in [0.25, 0.3) is 0 Å². The molecule has 0 atom stereocenters. The molecule has 9 heteroatoms. The maximum atomic E-state index is 12.1. The van der Waals surface area contributed by atoms with E-state index in [4.69, 9.17) is 10.6 Å². The summed E-state index contributed by atoms with van der Waals surface area (Å²) in [5.41, 5.74) is 1.24. The van der Waals surface area contributed by atoms with Gasteiger partial charge in [-0.1, -0.05) is 37.7 Å². The summed E-state index contributed by atoms with van der Waals surface area (Å²) in [6.07, 6.45) is 1.16. The van der Waals surface area contributed by atoms with Crippen molar-refractivity contribution in [2.75, 3.05) is 18.1 Å². The Morgan fingerprint density at radius 2 is 2.04 bits per heavy atom. The number of benzene rings is 1. The Morgan fingerprint density at radius 1 is 1.30 bits per heavy atom. The van der Waals surface area contributed by atoms with Crippen LogP contribution < -0.4 is 10.6 Å². The number of aromatic nitrogens is 3. The fraction of sp³-hybridized carbons (Fsp3) is 0.444. The fourth-order valence-corrected chi connectivity index (χ4v) is 3.47. The number of nitrogens with zero attached hydrogens (tertiary/aromatic N) is 4. The van der Waals surface area contributed by atoms with Crippen LogP contribution in [0.4, 0.5) is 0 Å². The molecule has 0 unspecified atom stereocenters. The van der Waals surface area contributed by atoms with Gasteiger partial charge in [-0.05, 0) is 30.0 Å². The number of nitrogens with two attached hydrogens (primary N) is 1. The molecule has 1 aromatic carbocycles. The number of likely N-dealkylation sites (tertiary alicyclic amines) is 1. The number of hydrogen-bond acceptors (Lipinski definition) is 7. The number of carbonyl (C=O) groups is 2. The topological polar surface area (TPSA) is 103 Å². The van der Waals surface area contributed by atoms with Crippen molar-refractivity contribution < 1.29 is 14.3 Å². The molecule has 27 heavy (non-hydrogen) atoms. The van der Waals surface area contributed by atoms with Crippen molar-refractivity contribution in [3.63, 3.8) is 0 Å². The molecule has 1 aliphatic rings. The van der Waals surface area contributed by atoms with Gasteiger partial charge in [0.15, 0.2) is 5.82 Å². The molecule has 1 fully saturated rings. The van der Waals surface area contributed by atoms with E-state index in [1.165, 1.54) is 15.1 Å². The molecule has 1 saturated heterocycles. The highest BCUT2D eigenvalue weighted by atomic mass is 32.2. The standard InChI is InChI=1S/C18H23N5O3S/c1-12(2)13-5-7-14(8-6-13)26-10-15-20-21-18(23(15)19)27-11-17(25)22-9-3-4-16(22)24/h5-8,12H,3-4,9-11,19H2,1-2H3. The zero-order chi connectivity index (χ0) is 19.4. The summed E-state index contributed by atoms with van der Waals surface area (Å²) in [6.45, 7) is 4.93. The quantitative estimate of drug-likeness (QED) is 0.570. The number of carbonyl (C=O) groups excluding carboxylic acids is 2. The Morgan fingerprint density at radius 3 is 2.67 bits per heavy atom. The van der Waals surface area contributed by atoms with E-state index >= 15 is 0 Å². The van der Waals surface area contributed by atoms with Crippen molar-refractivity contribution in [3.05, 3.63) is 35.7 Å². The van der Waals surface area contributed by atoms with Crippen molar-refractivity contribution >= 4 is 23.6 Å². The summed E-state index contributed by atoms with van der Waals surface area (Å²) in [5, 5.41) is 8.42. The maximum Gasteiger partial charge on any atom is 0.239 e. The van der Waals surface area contributed by atoms with Crippen LogP contribution in [0.3, 0.4) is 0 Å². The van der Waals surface area contributed by atoms with Gasteiger partial charge >= 0.3 is 0 Å². The van der Waals surface area contributed by atoms with Gasteiger partial charge in [0.05, 0.1) is 5.75 Å². The third-order valence-electron chi connectivity index (χ3n) is 4.35. The van der Waals surface area contributed by atoms with E-state index in [1.807, 2.05) is 24.3 Å². The Balaban J connectivity index is 1.53. The molecule has 0 radical (unpaired) electrons. The van der Waals surface area contributed by atoms with E-state index in [0.29, 0.717) is 29.9 Å². The second-order valence-electron chi connectivity index (χ2n) is 6.61. The average Bonchev–Trinajstić information content (AvgIpc) is 3.24. The van der Waals surface area contributed by atoms with Gasteiger partial charge in [0, 0.05) is 13.0 Å². The van der Waals surface area contributed by atoms with Gasteiger partial charge < -0.3 is 10.6 Å². The first-order valence-corrected chi connectivity index (χ1v) is 9.82. The minimum Gasteiger partial charge on any atom is -0.486 e. The molecule has 0 aliphatic carbocycles. The summed E-state index contributed by atoms with van der Waals surface area (Å²) in [4.78, 5) is 25.0. The van der Waals surface area contributed by atoms with Crippen LogP contribution in [-0.4, -0.2) is 43.9 Å². The van der Waals surface area contributed by atoms with Gasteiger partial charge in [-0.2, -0.15) is 0 Å². The van der Waals surface area contributed by atoms with Crippen molar-refractivity contribution in [2.45, 2.75) is 44.4 Å². The summed E-state index contributed by atoms with van der Waals surface area (Å²) in [5.74, 6) is 7.38. The van der Waals surface area contributed by atoms with Crippen molar-refractivity contribution in [3.8, 4) is 5.75 Å². The molecule has 2 aromatic rings. The first-order valence-electron chi connectivity index (χ1n) is 8.84. The zero-order valence-electron chi connectivity index (χ0n) is 15.4. The van der Waals surface area contributed by atoms with Gasteiger partial charge in [-0.25, -0.2) is 4.68 Å². The fourth-order valence-electron chi connectivity index (χ4n) is 2.72. The van der Waals surface area contributed by atoms with Crippen LogP contribution in [0.2, 0.25) is 0 Å². The number of rotatable bonds is 7. The van der Waals surface area contributed by atoms with Crippen LogP contribution in [0.1, 0.15) is 44.0 Å². The third-order valence-corrected chi connectivity index (χ3v) is 5.28. The molecule has 2 N–H and O–H groups in total. The van der Waals surface area contributed by atoms with Crippen molar-refractivity contribution in [1.29, 1.82) is 0 Å². The number of ether oxygens (including phenoxy) is 1. The third kappa shape index (κ3) is 4.60. The molecule has 0 bridgehead atoms. The van der Waals surface area contributed by atoms with Crippen molar-refractivity contribution in [1.82, 2.24) is 19.8 Å². The van der Waals surface area contributed by atoms with E-state index in [0.717, 1.165) is 23.9 Å². The molecule has 1 aliphatic heterocycles. The van der Waals surface area contributed by atoms with E-state index in [1.54, 1.807) is 0 Å². The molecule has 0 spiro atoms. The van der Waals surface area contributed by atoms with Crippen LogP contribution in [0.5, 0.6) is 5.75 Å². The number of hydrogen-bond donors (Lipinski definition) is 1. The van der Waals surface area contributed by atoms with Crippen molar-refractivity contribution in [2.24, 2.45) is 0 Å². The number of thioether (sulfide) groups is 1. The number of nitrogen functional groups attached to an aromatic ring is 1. The summed E-state index contributed by atoms with van der Waals surface area (Å²) in [6, 6.07) is 7.88. The lowest BCUT2D eigenvalue weighted by Gasteiger charge is -2.12. The summed E-state index contributed by atoms with van der Waals surface area (Å²) >= 11 is 1.16. The van der Waals surface area contributed by atoms with E-state index < -0.39 is 0 Å². The monoisotopic (exact) mass is 389 g/mol. The number of amides is 2. The first-order chi connectivity index (χ1) is 13.0. The SMILES string of the molecule is CC(C)c1ccc(OCc2nnc(SCC(=O)N3CCCC3=O)n2N)cc1. The van der Waals surface area contributed by atoms with Gasteiger partial charge in [-0.3, -0.25) is 14.5 Å². The zero-order valence-corrected chi connectivity index (χ0v) is 16.2. The summed E-state index contributed by atoms with van der Waals surface area (Å²) < 4.78 is 7.02. The molecule has 2 amide bonds. The molecule has 0 saturated carbocycles. The summed E-state index contributed by atoms with van der Waals surface area (Å²) in [7, 11) is 0. The van der Waals surface area contributed by atoms with Gasteiger partial charge in [-0.15, -0.1) is 10.2 Å². The highest BCUT2D eigenvalue weighted by Crippen LogP contribution is 2.21. The molecular formula is C18H23N5O3S. The predicted octanol–water partition coefficient (Wildman–Crippen LogP) is 1.94. The highest BCUT2D eigenvalue weighted by Gasteiger charge is 2.26. The number of imide groups is 1. The lowest BCUT2D eigenvalue weighted by molar-refractivity contribution is -0.140. The van der Waals surface area contributed by atoms with Gasteiger partial charge in [0.2, 0.25) is 17.0 Å². The minimum absolute atomic E-state index is 0.0958. The molecule has 144 valence electrons. The lowest BCUT2D eigenvalue weighted by Crippen LogP contribution is -2.33. The van der Waals surface area contributed by atoms with E-state index in [9.17, 15) is 9.59 Å². The second kappa shape index (κ2) is 8.43. The Labute approximate surface area is 162 Å². The Kier molecular flexibility index (Phi) is 6.00. The molecule has 3 rings (SSSR count). The van der Waals surface area contributed by atoms with E-state index in [-0.39, 0.29) is 24.2 Å². The Hall–Kier alpha value is -2.55. The average molecular weight is 389 g/mol. The molecule has 2 heterocycles. The molecular weight excluding hydrogens is 366 g/mol. The van der Waals surface area contributed by atoms with Crippen LogP contribution in [0.15, 0.2) is 29.4 Å². The van der Waals surface area contributed by atoms with Crippen LogP contribution in [-0.2, 0) is 16.2 Å². The first kappa shape index (κ1) is 19.2. The predicted molar refractivity (Wildman–Crippen MR) is 102 cm³/mol. The van der Waals surface area contributed by atoms with Gasteiger partial charge in [0.1, 0.15) is 12.4 Å². The second-order valence-corrected chi connectivity index (χ2v) is 7.56. The molecule has 8 nitrogen and oxygen atoms in total. The lowest BCUT2D eigenvalue weighted by atomic mass is 10.0. The minimum atomic E-state index is -0.228. The van der Waals surface area contributed by atoms with Crippen LogP contribution in [0, 0.1) is 0 Å². The maximum absolute atomic E-state index is 12.1. The highest BCUT2D eigenvalue weighted by molar-refractivity contribution is 7.99. The van der Waals surface area contributed by atoms with Gasteiger partial charge in [0.25, 0.3) is 0 Å². The molecule has 1 aromatic heterocycles. The largest absolute Gasteiger partial charge is 0.486 e. The Bertz CT molecular complexity index is 819.